The maximum absolute atomic E-state index is 5.95. The molecule has 5 heteroatoms. The number of aryl methyl sites for hydroxylation is 2. The molecule has 0 aliphatic carbocycles. The number of hydrogen-bond acceptors (Lipinski definition) is 3. The summed E-state index contributed by atoms with van der Waals surface area (Å²) < 4.78 is 11.0. The van der Waals surface area contributed by atoms with Crippen molar-refractivity contribution in [1.82, 2.24) is 10.6 Å². The van der Waals surface area contributed by atoms with Crippen LogP contribution in [0.5, 0.6) is 5.75 Å². The van der Waals surface area contributed by atoms with Crippen LogP contribution >= 0.6 is 0 Å². The van der Waals surface area contributed by atoms with Gasteiger partial charge in [0.15, 0.2) is 5.96 Å². The highest BCUT2D eigenvalue weighted by Crippen LogP contribution is 2.20. The predicted octanol–water partition coefficient (Wildman–Crippen LogP) is 3.58. The van der Waals surface area contributed by atoms with Crippen molar-refractivity contribution >= 4 is 5.96 Å². The van der Waals surface area contributed by atoms with Crippen LogP contribution in [-0.2, 0) is 17.8 Å². The van der Waals surface area contributed by atoms with Gasteiger partial charge in [0.05, 0.1) is 6.61 Å². The van der Waals surface area contributed by atoms with E-state index in [0.29, 0.717) is 19.8 Å². The molecule has 146 valence electrons. The van der Waals surface area contributed by atoms with E-state index in [-0.39, 0.29) is 0 Å². The van der Waals surface area contributed by atoms with Gasteiger partial charge >= 0.3 is 0 Å². The molecule has 0 atom stereocenters. The van der Waals surface area contributed by atoms with E-state index < -0.39 is 0 Å². The third kappa shape index (κ3) is 7.31. The molecule has 0 unspecified atom stereocenters. The molecule has 0 aromatic heterocycles. The number of aliphatic imine (C=N–C) groups is 1. The molecule has 0 saturated carbocycles. The first kappa shape index (κ1) is 20.8. The lowest BCUT2D eigenvalue weighted by molar-refractivity contribution is 0.171. The summed E-state index contributed by atoms with van der Waals surface area (Å²) in [5, 5.41) is 6.71. The molecule has 0 amide bonds. The monoisotopic (exact) mass is 369 g/mol. The minimum atomic E-state index is 0.644. The summed E-state index contributed by atoms with van der Waals surface area (Å²) in [6.07, 6.45) is 0.872. The van der Waals surface area contributed by atoms with Gasteiger partial charge in [-0.3, -0.25) is 4.99 Å². The average Bonchev–Trinajstić information content (AvgIpc) is 2.68. The standard InChI is InChI=1S/C22H31N3O2/c1-17-6-9-19(10-7-17)15-24-22(23-3)25-16-20-11-8-18(2)14-21(20)27-13-5-12-26-4/h6-11,14H,5,12-13,15-16H2,1-4H3,(H2,23,24,25). The minimum Gasteiger partial charge on any atom is -0.493 e. The fraction of sp³-hybridized carbons (Fsp3) is 0.409. The molecule has 2 aromatic rings. The second-order valence-corrected chi connectivity index (χ2v) is 6.57. The summed E-state index contributed by atoms with van der Waals surface area (Å²) >= 11 is 0. The van der Waals surface area contributed by atoms with Crippen LogP contribution in [0.3, 0.4) is 0 Å². The van der Waals surface area contributed by atoms with Crippen LogP contribution in [0.15, 0.2) is 47.5 Å². The van der Waals surface area contributed by atoms with Gasteiger partial charge in [0.1, 0.15) is 5.75 Å². The Bertz CT molecular complexity index is 727. The van der Waals surface area contributed by atoms with E-state index in [4.69, 9.17) is 9.47 Å². The van der Waals surface area contributed by atoms with Gasteiger partial charge in [0.25, 0.3) is 0 Å². The number of nitrogens with one attached hydrogen (secondary N) is 2. The second kappa shape index (κ2) is 11.2. The van der Waals surface area contributed by atoms with Crippen molar-refractivity contribution in [1.29, 1.82) is 0 Å². The molecule has 0 aliphatic heterocycles. The van der Waals surface area contributed by atoms with E-state index in [1.807, 2.05) is 0 Å². The fourth-order valence-corrected chi connectivity index (χ4v) is 2.62. The van der Waals surface area contributed by atoms with Crippen LogP contribution < -0.4 is 15.4 Å². The maximum Gasteiger partial charge on any atom is 0.191 e. The lowest BCUT2D eigenvalue weighted by Gasteiger charge is -2.15. The zero-order valence-corrected chi connectivity index (χ0v) is 16.8. The van der Waals surface area contributed by atoms with Gasteiger partial charge < -0.3 is 20.1 Å². The average molecular weight is 370 g/mol. The SMILES string of the molecule is CN=C(NCc1ccc(C)cc1)NCc1ccc(C)cc1OCCCOC. The quantitative estimate of drug-likeness (QED) is 0.403. The van der Waals surface area contributed by atoms with Crippen LogP contribution in [0, 0.1) is 13.8 Å². The van der Waals surface area contributed by atoms with Crippen LogP contribution in [-0.4, -0.2) is 33.3 Å². The van der Waals surface area contributed by atoms with Crippen LogP contribution in [0.4, 0.5) is 0 Å². The summed E-state index contributed by atoms with van der Waals surface area (Å²) in [5.41, 5.74) is 4.78. The van der Waals surface area contributed by atoms with Crippen molar-refractivity contribution in [2.24, 2.45) is 4.99 Å². The topological polar surface area (TPSA) is 54.9 Å². The molecular weight excluding hydrogens is 338 g/mol. The highest BCUT2D eigenvalue weighted by molar-refractivity contribution is 5.79. The number of benzene rings is 2. The molecule has 0 heterocycles. The molecule has 27 heavy (non-hydrogen) atoms. The Kier molecular flexibility index (Phi) is 8.65. The molecule has 0 aliphatic rings. The molecule has 0 fully saturated rings. The molecule has 0 spiro atoms. The first-order valence-corrected chi connectivity index (χ1v) is 9.33. The number of ether oxygens (including phenoxy) is 2. The zero-order chi connectivity index (χ0) is 19.5. The van der Waals surface area contributed by atoms with Gasteiger partial charge in [0, 0.05) is 45.8 Å². The maximum atomic E-state index is 5.95. The number of rotatable bonds is 9. The highest BCUT2D eigenvalue weighted by atomic mass is 16.5. The van der Waals surface area contributed by atoms with Gasteiger partial charge in [-0.15, -0.1) is 0 Å². The highest BCUT2D eigenvalue weighted by Gasteiger charge is 2.06. The summed E-state index contributed by atoms with van der Waals surface area (Å²) in [6.45, 7) is 6.89. The zero-order valence-electron chi connectivity index (χ0n) is 16.8. The summed E-state index contributed by atoms with van der Waals surface area (Å²) in [5.74, 6) is 1.68. The molecule has 2 N–H and O–H groups in total. The van der Waals surface area contributed by atoms with Gasteiger partial charge in [-0.2, -0.15) is 0 Å². The third-order valence-electron chi connectivity index (χ3n) is 4.22. The first-order chi connectivity index (χ1) is 13.1. The smallest absolute Gasteiger partial charge is 0.191 e. The molecule has 0 saturated heterocycles. The summed E-state index contributed by atoms with van der Waals surface area (Å²) in [6, 6.07) is 14.8. The Hall–Kier alpha value is -2.53. The van der Waals surface area contributed by atoms with E-state index in [0.717, 1.165) is 30.2 Å². The van der Waals surface area contributed by atoms with Crippen LogP contribution in [0.1, 0.15) is 28.7 Å². The van der Waals surface area contributed by atoms with Gasteiger partial charge in [-0.05, 0) is 31.0 Å². The number of guanidine groups is 1. The Morgan fingerprint density at radius 1 is 0.926 bits per heavy atom. The van der Waals surface area contributed by atoms with Gasteiger partial charge in [-0.25, -0.2) is 0 Å². The van der Waals surface area contributed by atoms with Crippen LogP contribution in [0.25, 0.3) is 0 Å². The van der Waals surface area contributed by atoms with E-state index in [2.05, 4.69) is 71.9 Å². The number of hydrogen-bond donors (Lipinski definition) is 2. The van der Waals surface area contributed by atoms with Gasteiger partial charge in [0.2, 0.25) is 0 Å². The van der Waals surface area contributed by atoms with Gasteiger partial charge in [-0.1, -0.05) is 42.0 Å². The molecule has 2 rings (SSSR count). The van der Waals surface area contributed by atoms with Crippen LogP contribution in [0.2, 0.25) is 0 Å². The number of nitrogens with zero attached hydrogens (tertiary/aromatic N) is 1. The normalized spacial score (nSPS) is 11.3. The Balaban J connectivity index is 1.90. The van der Waals surface area contributed by atoms with Crippen molar-refractivity contribution in [2.75, 3.05) is 27.4 Å². The van der Waals surface area contributed by atoms with E-state index in [1.165, 1.54) is 16.7 Å². The molecule has 2 aromatic carbocycles. The fourth-order valence-electron chi connectivity index (χ4n) is 2.62. The van der Waals surface area contributed by atoms with Crippen molar-refractivity contribution < 1.29 is 9.47 Å². The lowest BCUT2D eigenvalue weighted by atomic mass is 10.1. The lowest BCUT2D eigenvalue weighted by Crippen LogP contribution is -2.36. The second-order valence-electron chi connectivity index (χ2n) is 6.57. The van der Waals surface area contributed by atoms with E-state index in [1.54, 1.807) is 14.2 Å². The first-order valence-electron chi connectivity index (χ1n) is 9.33. The third-order valence-corrected chi connectivity index (χ3v) is 4.22. The summed E-state index contributed by atoms with van der Waals surface area (Å²) in [7, 11) is 3.49. The molecule has 5 nitrogen and oxygen atoms in total. The van der Waals surface area contributed by atoms with Crippen molar-refractivity contribution in [3.63, 3.8) is 0 Å². The Labute approximate surface area is 162 Å². The molecular formula is C22H31N3O2. The molecule has 0 radical (unpaired) electrons. The van der Waals surface area contributed by atoms with Crippen molar-refractivity contribution in [3.05, 3.63) is 64.7 Å². The summed E-state index contributed by atoms with van der Waals surface area (Å²) in [4.78, 5) is 4.31. The van der Waals surface area contributed by atoms with Crippen molar-refractivity contribution in [3.8, 4) is 5.75 Å². The number of methoxy groups -OCH3 is 1. The Morgan fingerprint density at radius 3 is 2.33 bits per heavy atom. The van der Waals surface area contributed by atoms with Crippen molar-refractivity contribution in [2.45, 2.75) is 33.4 Å². The Morgan fingerprint density at radius 2 is 1.63 bits per heavy atom. The van der Waals surface area contributed by atoms with E-state index in [9.17, 15) is 0 Å². The minimum absolute atomic E-state index is 0.644. The largest absolute Gasteiger partial charge is 0.493 e. The molecule has 0 bridgehead atoms. The van der Waals surface area contributed by atoms with E-state index >= 15 is 0 Å². The predicted molar refractivity (Wildman–Crippen MR) is 111 cm³/mol.